The summed E-state index contributed by atoms with van der Waals surface area (Å²) in [5.41, 5.74) is 0. The summed E-state index contributed by atoms with van der Waals surface area (Å²) in [6.45, 7) is 20.1. The topological polar surface area (TPSA) is 218 Å². The van der Waals surface area contributed by atoms with Crippen LogP contribution in [0.3, 0.4) is 0 Å². The maximum absolute atomic E-state index is 12.1. The van der Waals surface area contributed by atoms with Crippen molar-refractivity contribution in [3.05, 3.63) is 24.3 Å². The smallest absolute Gasteiger partial charge is 0.458 e. The molecule has 2 unspecified atom stereocenters. The Hall–Kier alpha value is -3.08. The average molecular weight is 1140 g/mol. The summed E-state index contributed by atoms with van der Waals surface area (Å²) in [6, 6.07) is 0. The molecule has 0 bridgehead atoms. The van der Waals surface area contributed by atoms with Gasteiger partial charge in [0.15, 0.2) is 12.2 Å². The highest BCUT2D eigenvalue weighted by molar-refractivity contribution is 7.54. The van der Waals surface area contributed by atoms with Gasteiger partial charge >= 0.3 is 26.7 Å². The monoisotopic (exact) mass is 1140 g/mol. The first kappa shape index (κ1) is 73.9. The Kier molecular flexibility index (Phi) is 40.0. The zero-order valence-electron chi connectivity index (χ0n) is 51.1. The molecule has 0 radical (unpaired) electrons. The van der Waals surface area contributed by atoms with Gasteiger partial charge in [0.05, 0.1) is 33.0 Å². The van der Waals surface area contributed by atoms with E-state index in [9.17, 15) is 28.5 Å². The van der Waals surface area contributed by atoms with Crippen LogP contribution in [0.25, 0.3) is 0 Å². The van der Waals surface area contributed by atoms with Crippen molar-refractivity contribution >= 4 is 44.8 Å². The van der Waals surface area contributed by atoms with Crippen LogP contribution in [0.2, 0.25) is 6.32 Å². The molecule has 2 N–H and O–H groups in total. The van der Waals surface area contributed by atoms with Gasteiger partial charge in [-0.3, -0.25) is 18.9 Å². The van der Waals surface area contributed by atoms with E-state index in [4.69, 9.17) is 33.3 Å². The number of carbonyl (C=O) groups excluding carboxylic acids is 5. The summed E-state index contributed by atoms with van der Waals surface area (Å²) in [5.74, 6) is 2.83. The van der Waals surface area contributed by atoms with Crippen LogP contribution in [0, 0.1) is 35.5 Å². The molecule has 0 aromatic heterocycles. The molecule has 1 aliphatic carbocycles. The molecule has 5 heterocycles. The number of ether oxygens (including phenoxy) is 2. The van der Waals surface area contributed by atoms with E-state index in [-0.39, 0.29) is 50.4 Å². The summed E-state index contributed by atoms with van der Waals surface area (Å²) < 4.78 is 42.3. The maximum atomic E-state index is 12.1. The number of rotatable bonds is 20. The van der Waals surface area contributed by atoms with Crippen molar-refractivity contribution in [3.63, 3.8) is 0 Å². The molecule has 6 aliphatic rings. The van der Waals surface area contributed by atoms with Crippen LogP contribution >= 0.6 is 7.60 Å². The van der Waals surface area contributed by atoms with Crippen molar-refractivity contribution in [2.45, 2.75) is 124 Å². The third-order valence-electron chi connectivity index (χ3n) is 14.7. The lowest BCUT2D eigenvalue weighted by molar-refractivity contribution is -0.146. The third kappa shape index (κ3) is 32.4. The van der Waals surface area contributed by atoms with Crippen molar-refractivity contribution < 1.29 is 66.6 Å². The first-order valence-electron chi connectivity index (χ1n) is 29.3. The fraction of sp³-hybridized carbons (Fsp3) is 0.842. The molecule has 0 aromatic rings. The van der Waals surface area contributed by atoms with Crippen LogP contribution in [-0.4, -0.2) is 244 Å². The van der Waals surface area contributed by atoms with E-state index < -0.39 is 32.9 Å². The van der Waals surface area contributed by atoms with Crippen molar-refractivity contribution in [2.75, 3.05) is 155 Å². The van der Waals surface area contributed by atoms with Crippen LogP contribution in [-0.2, 0) is 56.4 Å². The minimum Gasteiger partial charge on any atom is -0.466 e. The molecule has 79 heavy (non-hydrogen) atoms. The number of aldehydes is 1. The zero-order chi connectivity index (χ0) is 59.3. The number of carbonyl (C=O) groups is 5. The molecule has 0 aromatic carbocycles. The predicted molar refractivity (Wildman–Crippen MR) is 313 cm³/mol. The van der Waals surface area contributed by atoms with Crippen molar-refractivity contribution in [2.24, 2.45) is 35.5 Å². The lowest BCUT2D eigenvalue weighted by atomic mass is 9.83. The standard InChI is InChI=1S/C12H23BN2O4.C11H19NO2.C10H19NO.C9H17NO.C8H17O5P.C7H13NO/c1-6-7-8-13-18-9(11(16)14(2)3)10(19-13)12(17)15(4)5;1-3-14-11(13)5-4-10-6-8-12(2)9-7-10;1-11-4-2-8(3-5-11)10-6-9(10)7-12;1-10-6-4-9(5-7-10)3-2-8-11;1-4-11-8(9)7-14(10,12-5-2)13-6-3;1-8-4-2-7(6-9)3-5-8/h9-10H,6-8H2,1-5H3;4-5,10H,3,6-9H2,1-2H3;8-10,12H,2-7H2,1H3;2-3,9,11H,4-8H2,1H3;4-7H2,1-3H3;6-7H,2-5H2,1H3/b;5-4+;;3-2+;;/t;;9-,10-;;;/m..1.../s1. The fourth-order valence-corrected chi connectivity index (χ4v) is 11.0. The van der Waals surface area contributed by atoms with Gasteiger partial charge < -0.3 is 72.2 Å². The first-order chi connectivity index (χ1) is 37.6. The van der Waals surface area contributed by atoms with Crippen molar-refractivity contribution in [3.8, 4) is 0 Å². The van der Waals surface area contributed by atoms with Gasteiger partial charge in [-0.25, -0.2) is 4.79 Å². The third-order valence-corrected chi connectivity index (χ3v) is 16.6. The normalized spacial score (nSPS) is 22.8. The maximum Gasteiger partial charge on any atom is 0.458 e. The number of nitrogens with zero attached hydrogens (tertiary/aromatic N) is 6. The van der Waals surface area contributed by atoms with Gasteiger partial charge in [-0.05, 0) is 202 Å². The van der Waals surface area contributed by atoms with Gasteiger partial charge in [0.2, 0.25) is 0 Å². The van der Waals surface area contributed by atoms with Gasteiger partial charge in [0, 0.05) is 46.8 Å². The van der Waals surface area contributed by atoms with Crippen molar-refractivity contribution in [1.82, 2.24) is 29.4 Å². The highest BCUT2D eigenvalue weighted by atomic mass is 31.2. The number of likely N-dealkylation sites (N-methyl/N-ethyl adjacent to an activating group) is 2. The van der Waals surface area contributed by atoms with E-state index in [1.54, 1.807) is 55.0 Å². The molecule has 458 valence electrons. The summed E-state index contributed by atoms with van der Waals surface area (Å²) in [4.78, 5) is 68.6. The minimum absolute atomic E-state index is 0.187. The summed E-state index contributed by atoms with van der Waals surface area (Å²) in [5, 5.41) is 17.5. The Bertz CT molecular complexity index is 1730. The van der Waals surface area contributed by atoms with Gasteiger partial charge in [0.25, 0.3) is 11.8 Å². The van der Waals surface area contributed by atoms with E-state index in [2.05, 4.69) is 65.5 Å². The van der Waals surface area contributed by atoms with E-state index in [1.165, 1.54) is 68.1 Å². The summed E-state index contributed by atoms with van der Waals surface area (Å²) in [7, 11) is 11.4. The Labute approximate surface area is 477 Å². The molecule has 1 saturated carbocycles. The lowest BCUT2D eigenvalue weighted by Gasteiger charge is -2.29. The Morgan fingerprint density at radius 2 is 1.06 bits per heavy atom. The number of unbranched alkanes of at least 4 members (excludes halogenated alkanes) is 1. The number of allylic oxidation sites excluding steroid dienone is 2. The number of amides is 2. The minimum atomic E-state index is -3.28. The van der Waals surface area contributed by atoms with Gasteiger partial charge in [-0.2, -0.15) is 0 Å². The van der Waals surface area contributed by atoms with Crippen LogP contribution in [0.5, 0.6) is 0 Å². The Morgan fingerprint density at radius 3 is 1.43 bits per heavy atom. The molecular weight excluding hydrogens is 1030 g/mol. The summed E-state index contributed by atoms with van der Waals surface area (Å²) >= 11 is 0. The van der Waals surface area contributed by atoms with Crippen molar-refractivity contribution in [1.29, 1.82) is 0 Å². The van der Waals surface area contributed by atoms with E-state index in [0.29, 0.717) is 43.2 Å². The second kappa shape index (κ2) is 42.7. The highest BCUT2D eigenvalue weighted by Crippen LogP contribution is 2.48. The first-order valence-corrected chi connectivity index (χ1v) is 31.1. The number of hydrogen-bond donors (Lipinski definition) is 2. The Balaban J connectivity index is 0.000000480. The number of hydrogen-bond acceptors (Lipinski definition) is 18. The van der Waals surface area contributed by atoms with E-state index in [0.717, 1.165) is 82.8 Å². The van der Waals surface area contributed by atoms with Gasteiger partial charge in [-0.15, -0.1) is 0 Å². The molecule has 6 rings (SSSR count). The Morgan fingerprint density at radius 1 is 0.633 bits per heavy atom. The van der Waals surface area contributed by atoms with Crippen LogP contribution in [0.1, 0.15) is 105 Å². The molecule has 6 fully saturated rings. The van der Waals surface area contributed by atoms with Gasteiger partial charge in [0.1, 0.15) is 12.4 Å². The number of esters is 2. The van der Waals surface area contributed by atoms with Gasteiger partial charge in [-0.1, -0.05) is 38.0 Å². The molecular formula is C57H108BN6O14P. The van der Waals surface area contributed by atoms with Crippen LogP contribution in [0.15, 0.2) is 24.3 Å². The molecule has 5 aliphatic heterocycles. The van der Waals surface area contributed by atoms with E-state index >= 15 is 0 Å². The van der Waals surface area contributed by atoms with Crippen LogP contribution in [0.4, 0.5) is 0 Å². The second-order valence-electron chi connectivity index (χ2n) is 21.8. The van der Waals surface area contributed by atoms with E-state index in [1.807, 2.05) is 19.1 Å². The molecule has 0 spiro atoms. The number of likely N-dealkylation sites (tertiary alicyclic amines) is 4. The predicted octanol–water partition coefficient (Wildman–Crippen LogP) is 5.86. The fourth-order valence-electron chi connectivity index (χ4n) is 9.56. The number of piperidine rings is 4. The molecule has 2 amide bonds. The van der Waals surface area contributed by atoms with Crippen LogP contribution < -0.4 is 0 Å². The molecule has 22 heteroatoms. The summed E-state index contributed by atoms with van der Waals surface area (Å²) in [6.07, 6.45) is 20.2. The highest BCUT2D eigenvalue weighted by Gasteiger charge is 2.48. The number of aliphatic hydroxyl groups excluding tert-OH is 2. The molecule has 20 nitrogen and oxygen atoms in total. The zero-order valence-corrected chi connectivity index (χ0v) is 52.0. The SMILES string of the molecule is CCCCB1OC(C(=O)N(C)C)C(C(=O)N(C)C)O1.CCOC(=O)/C=C/C1CCN(C)CC1.CCOC(=O)CP(=O)(OCC)OCC.CN1CCC(/C=C/CO)CC1.CN1CCC(C=O)CC1.CN1CCC([C@H]2C[C@@H]2CO)CC1. The lowest BCUT2D eigenvalue weighted by Crippen LogP contribution is -2.47. The average Bonchev–Trinajstić information content (AvgIpc) is 4.14. The second-order valence-corrected chi connectivity index (χ2v) is 23.9. The molecule has 4 atom stereocenters. The largest absolute Gasteiger partial charge is 0.466 e. The quantitative estimate of drug-likeness (QED) is 0.0364. The number of aliphatic hydroxyl groups is 2. The molecule has 5 saturated heterocycles.